The first kappa shape index (κ1) is 33.0. The van der Waals surface area contributed by atoms with Crippen LogP contribution in [-0.4, -0.2) is 41.5 Å². The maximum atomic E-state index is 15.0. The minimum Gasteiger partial charge on any atom is -0.497 e. The van der Waals surface area contributed by atoms with E-state index in [1.807, 2.05) is 37.5 Å². The molecule has 1 aromatic heterocycles. The predicted molar refractivity (Wildman–Crippen MR) is 201 cm³/mol. The lowest BCUT2D eigenvalue weighted by Gasteiger charge is -2.29. The van der Waals surface area contributed by atoms with Gasteiger partial charge >= 0.3 is 0 Å². The summed E-state index contributed by atoms with van der Waals surface area (Å²) < 4.78 is 14.5. The number of hydrogen-bond acceptors (Lipinski definition) is 6. The van der Waals surface area contributed by atoms with Crippen LogP contribution in [0.5, 0.6) is 5.75 Å². The van der Waals surface area contributed by atoms with E-state index < -0.39 is 5.41 Å². The third-order valence-electron chi connectivity index (χ3n) is 11.6. The number of carbonyl (C=O) groups excluding carboxylic acids is 2. The molecule has 0 radical (unpaired) electrons. The van der Waals surface area contributed by atoms with Crippen molar-refractivity contribution in [2.24, 2.45) is 5.41 Å². The zero-order valence-electron chi connectivity index (χ0n) is 29.3. The third kappa shape index (κ3) is 5.68. The highest BCUT2D eigenvalue weighted by Crippen LogP contribution is 2.66. The van der Waals surface area contributed by atoms with Crippen LogP contribution in [0.2, 0.25) is 0 Å². The highest BCUT2D eigenvalue weighted by atomic mass is 32.2. The van der Waals surface area contributed by atoms with E-state index in [9.17, 15) is 9.59 Å². The van der Waals surface area contributed by atoms with Crippen LogP contribution in [0.1, 0.15) is 97.2 Å². The van der Waals surface area contributed by atoms with Crippen molar-refractivity contribution in [2.45, 2.75) is 89.3 Å². The predicted octanol–water partition coefficient (Wildman–Crippen LogP) is 8.01. The Morgan fingerprint density at radius 2 is 1.84 bits per heavy atom. The molecule has 2 aliphatic carbocycles. The number of carbonyl (C=O) groups is 2. The number of nitrogens with zero attached hydrogens (tertiary/aromatic N) is 2. The number of allylic oxidation sites excluding steroid dienone is 1. The number of aromatic nitrogens is 1. The molecule has 4 aliphatic rings. The molecule has 1 saturated heterocycles. The molecule has 8 nitrogen and oxygen atoms in total. The Morgan fingerprint density at radius 3 is 2.62 bits per heavy atom. The van der Waals surface area contributed by atoms with Gasteiger partial charge in [0.15, 0.2) is 0 Å². The number of benzene rings is 3. The van der Waals surface area contributed by atoms with Crippen molar-refractivity contribution in [2.75, 3.05) is 14.2 Å². The number of ether oxygens (including phenoxy) is 1. The summed E-state index contributed by atoms with van der Waals surface area (Å²) >= 11 is 1.21. The lowest BCUT2D eigenvalue weighted by molar-refractivity contribution is -0.136. The first-order valence-corrected chi connectivity index (χ1v) is 19.0. The Hall–Kier alpha value is -4.21. The van der Waals surface area contributed by atoms with Crippen LogP contribution in [0, 0.1) is 5.41 Å². The number of nitrogens with one attached hydrogen (secondary N) is 3. The molecule has 3 unspecified atom stereocenters. The van der Waals surface area contributed by atoms with Crippen LogP contribution in [0.15, 0.2) is 78.6 Å². The molecule has 2 amide bonds. The number of amides is 2. The van der Waals surface area contributed by atoms with Crippen molar-refractivity contribution in [1.29, 1.82) is 0 Å². The van der Waals surface area contributed by atoms with E-state index in [4.69, 9.17) is 4.74 Å². The molecular weight excluding hydrogens is 643 g/mol. The van der Waals surface area contributed by atoms with E-state index in [2.05, 4.69) is 73.6 Å². The minimum absolute atomic E-state index is 0.0939. The smallest absolute Gasteiger partial charge is 0.262 e. The molecular formula is C41H47N5O3S. The van der Waals surface area contributed by atoms with Gasteiger partial charge in [-0.25, -0.2) is 4.72 Å². The number of fused-ring (bicyclic) bond motifs is 7. The Kier molecular flexibility index (Phi) is 8.89. The molecule has 3 atom stereocenters. The molecule has 3 heterocycles. The molecule has 0 spiro atoms. The van der Waals surface area contributed by atoms with Crippen LogP contribution < -0.4 is 19.5 Å². The first-order valence-electron chi connectivity index (χ1n) is 18.2. The zero-order valence-corrected chi connectivity index (χ0v) is 30.1. The highest BCUT2D eigenvalue weighted by Gasteiger charge is 2.64. The lowest BCUT2D eigenvalue weighted by atomic mass is 9.81. The summed E-state index contributed by atoms with van der Waals surface area (Å²) in [6, 6.07) is 23.0. The summed E-state index contributed by atoms with van der Waals surface area (Å²) in [6.07, 6.45) is 10.7. The van der Waals surface area contributed by atoms with Gasteiger partial charge in [0.25, 0.3) is 5.91 Å². The topological polar surface area (TPSA) is 87.6 Å². The molecule has 9 heteroatoms. The van der Waals surface area contributed by atoms with E-state index in [1.165, 1.54) is 59.2 Å². The summed E-state index contributed by atoms with van der Waals surface area (Å²) in [5, 5.41) is 4.39. The van der Waals surface area contributed by atoms with Gasteiger partial charge in [-0.15, -0.1) is 0 Å². The van der Waals surface area contributed by atoms with Crippen molar-refractivity contribution >= 4 is 34.9 Å². The zero-order chi connectivity index (χ0) is 34.4. The molecule has 3 fully saturated rings. The summed E-state index contributed by atoms with van der Waals surface area (Å²) in [5.41, 5.74) is 8.30. The van der Waals surface area contributed by atoms with Crippen molar-refractivity contribution in [3.63, 3.8) is 0 Å². The summed E-state index contributed by atoms with van der Waals surface area (Å²) in [4.78, 5) is 30.7. The monoisotopic (exact) mass is 689 g/mol. The van der Waals surface area contributed by atoms with Gasteiger partial charge < -0.3 is 19.5 Å². The van der Waals surface area contributed by atoms with Crippen LogP contribution in [0.4, 0.5) is 0 Å². The van der Waals surface area contributed by atoms with E-state index in [0.29, 0.717) is 24.6 Å². The third-order valence-corrected chi connectivity index (χ3v) is 12.2. The second-order valence-corrected chi connectivity index (χ2v) is 15.3. The number of likely N-dealkylation sites (tertiary alicyclic amines) is 1. The quantitative estimate of drug-likeness (QED) is 0.122. The van der Waals surface area contributed by atoms with Gasteiger partial charge in [0, 0.05) is 78.2 Å². The average molecular weight is 690 g/mol. The van der Waals surface area contributed by atoms with Gasteiger partial charge in [-0.1, -0.05) is 55.7 Å². The van der Waals surface area contributed by atoms with Crippen LogP contribution in [0.3, 0.4) is 0 Å². The Labute approximate surface area is 299 Å². The van der Waals surface area contributed by atoms with Gasteiger partial charge in [-0.2, -0.15) is 0 Å². The fraction of sp³-hybridized carbons (Fsp3) is 0.415. The SMILES string of the molecule is CN/C=C1\CCC(C)N1C(=O)C12CC1c1cc(OC)ccc1-c1c(C3CCCCC3)c3ccc(C(=O)NSNCc4ccccc4)cc3n1C2. The van der Waals surface area contributed by atoms with Gasteiger partial charge in [0.1, 0.15) is 5.75 Å². The van der Waals surface area contributed by atoms with Crippen molar-refractivity contribution < 1.29 is 14.3 Å². The lowest BCUT2D eigenvalue weighted by Crippen LogP contribution is -2.41. The van der Waals surface area contributed by atoms with Crippen LogP contribution in [0.25, 0.3) is 22.2 Å². The van der Waals surface area contributed by atoms with E-state index in [0.717, 1.165) is 54.6 Å². The first-order chi connectivity index (χ1) is 24.4. The van der Waals surface area contributed by atoms with Crippen molar-refractivity contribution in [1.82, 2.24) is 24.2 Å². The Bertz CT molecular complexity index is 1970. The van der Waals surface area contributed by atoms with Crippen molar-refractivity contribution in [3.8, 4) is 17.0 Å². The molecule has 2 saturated carbocycles. The largest absolute Gasteiger partial charge is 0.497 e. The molecule has 2 aliphatic heterocycles. The van der Waals surface area contributed by atoms with E-state index in [1.54, 1.807) is 7.11 Å². The molecule has 260 valence electrons. The Morgan fingerprint density at radius 1 is 1.02 bits per heavy atom. The molecule has 0 bridgehead atoms. The normalized spacial score (nSPS) is 23.6. The summed E-state index contributed by atoms with van der Waals surface area (Å²) in [6.45, 7) is 3.40. The summed E-state index contributed by atoms with van der Waals surface area (Å²) in [7, 11) is 3.62. The maximum absolute atomic E-state index is 15.0. The van der Waals surface area contributed by atoms with Crippen molar-refractivity contribution in [3.05, 3.63) is 101 Å². The fourth-order valence-corrected chi connectivity index (χ4v) is 9.57. The number of hydrogen-bond donors (Lipinski definition) is 3. The summed E-state index contributed by atoms with van der Waals surface area (Å²) in [5.74, 6) is 1.42. The molecule has 4 aromatic rings. The van der Waals surface area contributed by atoms with E-state index >= 15 is 0 Å². The van der Waals surface area contributed by atoms with Gasteiger partial charge in [-0.05, 0) is 92.0 Å². The second kappa shape index (κ2) is 13.5. The highest BCUT2D eigenvalue weighted by molar-refractivity contribution is 7.96. The minimum atomic E-state index is -0.580. The number of methoxy groups -OCH3 is 1. The van der Waals surface area contributed by atoms with Gasteiger partial charge in [0.05, 0.1) is 18.2 Å². The van der Waals surface area contributed by atoms with Crippen LogP contribution in [-0.2, 0) is 17.9 Å². The standard InChI is InChI=1S/C41H47N5O3S/c1-26-14-16-30(24-42-2)46(26)40(48)41-22-35(41)34-21-31(49-3)17-19-32(34)38-37(28-12-8-5-9-13-28)33-18-15-29(20-36(33)45(38)25-41)39(47)44-50-43-23-27-10-6-4-7-11-27/h4,6-7,10-11,15,17-21,24,26,28,35,42-43H,5,8-9,12-14,16,22-23,25H2,1-3H3,(H,44,47)/b30-24+. The Balaban J connectivity index is 1.23. The van der Waals surface area contributed by atoms with Gasteiger partial charge in [-0.3, -0.25) is 14.3 Å². The number of rotatable bonds is 9. The van der Waals surface area contributed by atoms with E-state index in [-0.39, 0.29) is 23.8 Å². The van der Waals surface area contributed by atoms with Gasteiger partial charge in [0.2, 0.25) is 5.91 Å². The molecule has 50 heavy (non-hydrogen) atoms. The fourth-order valence-electron chi connectivity index (χ4n) is 9.05. The molecule has 8 rings (SSSR count). The second-order valence-electron chi connectivity index (χ2n) is 14.6. The maximum Gasteiger partial charge on any atom is 0.262 e. The molecule has 3 N–H and O–H groups in total. The molecule has 3 aromatic carbocycles. The van der Waals surface area contributed by atoms with Crippen LogP contribution >= 0.6 is 12.1 Å². The average Bonchev–Trinajstić information content (AvgIpc) is 3.68.